The second-order valence-electron chi connectivity index (χ2n) is 7.50. The van der Waals surface area contributed by atoms with E-state index < -0.39 is 40.3 Å². The lowest BCUT2D eigenvalue weighted by Gasteiger charge is -2.25. The number of hydrazine groups is 1. The standard InChI is InChI=1S/C23H20FN5O4/c1-3-23(15-9-5-4-6-10-15)21(32)29(22(33)25-23)27-20(31)19-18(30)13-14(2)28(26-19)17-12-8-7-11-16(17)24/h4-13H,3H2,1-2H3,(H,25,33)(H,27,31)/t23-/m1/s1. The molecule has 1 aromatic heterocycles. The molecule has 1 fully saturated rings. The Morgan fingerprint density at radius 2 is 1.76 bits per heavy atom. The second-order valence-corrected chi connectivity index (χ2v) is 7.50. The largest absolute Gasteiger partial charge is 0.344 e. The molecule has 3 aromatic rings. The molecule has 0 bridgehead atoms. The molecule has 0 radical (unpaired) electrons. The van der Waals surface area contributed by atoms with Crippen molar-refractivity contribution in [2.24, 2.45) is 0 Å². The van der Waals surface area contributed by atoms with Gasteiger partial charge in [0.15, 0.2) is 5.69 Å². The zero-order valence-corrected chi connectivity index (χ0v) is 17.8. The number of aromatic nitrogens is 2. The van der Waals surface area contributed by atoms with Crippen LogP contribution >= 0.6 is 0 Å². The van der Waals surface area contributed by atoms with Crippen LogP contribution in [-0.2, 0) is 10.3 Å². The molecule has 2 N–H and O–H groups in total. The van der Waals surface area contributed by atoms with Crippen molar-refractivity contribution in [1.82, 2.24) is 25.5 Å². The molecule has 168 valence electrons. The quantitative estimate of drug-likeness (QED) is 0.580. The number of carbonyl (C=O) groups is 3. The zero-order chi connectivity index (χ0) is 23.8. The van der Waals surface area contributed by atoms with Crippen LogP contribution in [0.1, 0.15) is 35.1 Å². The summed E-state index contributed by atoms with van der Waals surface area (Å²) in [5.41, 5.74) is 0.355. The number of imide groups is 1. The molecule has 0 saturated carbocycles. The van der Waals surface area contributed by atoms with E-state index in [1.807, 2.05) is 0 Å². The normalized spacial score (nSPS) is 17.7. The van der Waals surface area contributed by atoms with Crippen LogP contribution in [0.3, 0.4) is 0 Å². The Labute approximate surface area is 187 Å². The summed E-state index contributed by atoms with van der Waals surface area (Å²) in [5, 5.41) is 7.15. The van der Waals surface area contributed by atoms with E-state index in [1.165, 1.54) is 25.1 Å². The lowest BCUT2D eigenvalue weighted by atomic mass is 9.87. The first kappa shape index (κ1) is 21.9. The van der Waals surface area contributed by atoms with Gasteiger partial charge >= 0.3 is 6.03 Å². The predicted octanol–water partition coefficient (Wildman–Crippen LogP) is 2.18. The van der Waals surface area contributed by atoms with E-state index >= 15 is 0 Å². The topological polar surface area (TPSA) is 113 Å². The molecule has 1 aliphatic heterocycles. The molecule has 1 saturated heterocycles. The van der Waals surface area contributed by atoms with E-state index in [0.717, 1.165) is 10.7 Å². The van der Waals surface area contributed by atoms with Crippen LogP contribution in [0.25, 0.3) is 5.69 Å². The number of aryl methyl sites for hydroxylation is 1. The van der Waals surface area contributed by atoms with Crippen LogP contribution in [0, 0.1) is 12.7 Å². The number of urea groups is 1. The molecular formula is C23H20FN5O4. The number of carbonyl (C=O) groups excluding carboxylic acids is 3. The summed E-state index contributed by atoms with van der Waals surface area (Å²) in [7, 11) is 0. The highest BCUT2D eigenvalue weighted by Gasteiger charge is 2.52. The second kappa shape index (κ2) is 8.30. The Balaban J connectivity index is 1.67. The smallest absolute Gasteiger partial charge is 0.318 e. The number of nitrogens with one attached hydrogen (secondary N) is 2. The maximum atomic E-state index is 14.3. The first-order chi connectivity index (χ1) is 15.8. The van der Waals surface area contributed by atoms with Gasteiger partial charge in [0.25, 0.3) is 11.8 Å². The maximum Gasteiger partial charge on any atom is 0.344 e. The van der Waals surface area contributed by atoms with E-state index in [2.05, 4.69) is 15.8 Å². The average molecular weight is 449 g/mol. The van der Waals surface area contributed by atoms with Gasteiger partial charge in [0.2, 0.25) is 5.43 Å². The third kappa shape index (κ3) is 3.65. The number of nitrogens with zero attached hydrogens (tertiary/aromatic N) is 3. The van der Waals surface area contributed by atoms with Gasteiger partial charge in [0.05, 0.1) is 0 Å². The van der Waals surface area contributed by atoms with Gasteiger partial charge in [0.1, 0.15) is 17.0 Å². The Hall–Kier alpha value is -4.34. The first-order valence-corrected chi connectivity index (χ1v) is 10.2. The number of halogens is 1. The number of hydrogen-bond donors (Lipinski definition) is 2. The van der Waals surface area contributed by atoms with Gasteiger partial charge in [-0.2, -0.15) is 10.1 Å². The van der Waals surface area contributed by atoms with E-state index in [0.29, 0.717) is 16.3 Å². The average Bonchev–Trinajstić information content (AvgIpc) is 3.05. The maximum absolute atomic E-state index is 14.3. The predicted molar refractivity (Wildman–Crippen MR) is 116 cm³/mol. The highest BCUT2D eigenvalue weighted by atomic mass is 19.1. The number of amides is 4. The molecule has 1 atom stereocenters. The minimum atomic E-state index is -1.36. The van der Waals surface area contributed by atoms with Gasteiger partial charge in [-0.25, -0.2) is 13.9 Å². The molecule has 0 spiro atoms. The lowest BCUT2D eigenvalue weighted by molar-refractivity contribution is -0.133. The summed E-state index contributed by atoms with van der Waals surface area (Å²) in [6.07, 6.45) is 0.233. The molecule has 4 rings (SSSR count). The SMILES string of the molecule is CC[C@]1(c2ccccc2)NC(=O)N(NC(=O)c2nn(-c3ccccc3F)c(C)cc2=O)C1=O. The van der Waals surface area contributed by atoms with Crippen LogP contribution in [-0.4, -0.2) is 32.6 Å². The summed E-state index contributed by atoms with van der Waals surface area (Å²) >= 11 is 0. The summed E-state index contributed by atoms with van der Waals surface area (Å²) in [5.74, 6) is -2.38. The molecule has 2 aromatic carbocycles. The fraction of sp³-hybridized carbons (Fsp3) is 0.174. The third-order valence-corrected chi connectivity index (χ3v) is 5.51. The lowest BCUT2D eigenvalue weighted by Crippen LogP contribution is -2.49. The molecule has 2 heterocycles. The van der Waals surface area contributed by atoms with E-state index in [1.54, 1.807) is 43.3 Å². The molecular weight excluding hydrogens is 429 g/mol. The summed E-state index contributed by atoms with van der Waals surface area (Å²) in [6, 6.07) is 14.6. The number of rotatable bonds is 5. The number of para-hydroxylation sites is 1. The third-order valence-electron chi connectivity index (χ3n) is 5.51. The van der Waals surface area contributed by atoms with Gasteiger partial charge in [-0.1, -0.05) is 49.4 Å². The van der Waals surface area contributed by atoms with Gasteiger partial charge < -0.3 is 5.32 Å². The Morgan fingerprint density at radius 3 is 2.42 bits per heavy atom. The van der Waals surface area contributed by atoms with Crippen molar-refractivity contribution in [3.8, 4) is 5.69 Å². The van der Waals surface area contributed by atoms with Crippen molar-refractivity contribution < 1.29 is 18.8 Å². The van der Waals surface area contributed by atoms with Crippen LogP contribution in [0.4, 0.5) is 9.18 Å². The van der Waals surface area contributed by atoms with E-state index in [4.69, 9.17) is 0 Å². The molecule has 10 heteroatoms. The van der Waals surface area contributed by atoms with Gasteiger partial charge in [0, 0.05) is 11.8 Å². The Kier molecular flexibility index (Phi) is 5.50. The fourth-order valence-corrected chi connectivity index (χ4v) is 3.77. The van der Waals surface area contributed by atoms with Crippen LogP contribution in [0.15, 0.2) is 65.5 Å². The fourth-order valence-electron chi connectivity index (χ4n) is 3.77. The van der Waals surface area contributed by atoms with Crippen molar-refractivity contribution >= 4 is 17.8 Å². The van der Waals surface area contributed by atoms with Crippen molar-refractivity contribution in [1.29, 1.82) is 0 Å². The number of benzene rings is 2. The van der Waals surface area contributed by atoms with Gasteiger partial charge in [-0.3, -0.25) is 19.8 Å². The van der Waals surface area contributed by atoms with Crippen molar-refractivity contribution in [2.75, 3.05) is 0 Å². The summed E-state index contributed by atoms with van der Waals surface area (Å²) in [4.78, 5) is 51.1. The highest BCUT2D eigenvalue weighted by Crippen LogP contribution is 2.31. The molecule has 0 aliphatic carbocycles. The Bertz CT molecular complexity index is 1320. The molecule has 0 unspecified atom stereocenters. The van der Waals surface area contributed by atoms with Crippen LogP contribution < -0.4 is 16.2 Å². The first-order valence-electron chi connectivity index (χ1n) is 10.2. The zero-order valence-electron chi connectivity index (χ0n) is 17.8. The minimum absolute atomic E-state index is 0.0353. The van der Waals surface area contributed by atoms with Crippen molar-refractivity contribution in [3.63, 3.8) is 0 Å². The van der Waals surface area contributed by atoms with Crippen molar-refractivity contribution in [2.45, 2.75) is 25.8 Å². The number of hydrogen-bond acceptors (Lipinski definition) is 5. The summed E-state index contributed by atoms with van der Waals surface area (Å²) < 4.78 is 15.4. The van der Waals surface area contributed by atoms with Gasteiger partial charge in [-0.05, 0) is 31.0 Å². The molecule has 1 aliphatic rings. The summed E-state index contributed by atoms with van der Waals surface area (Å²) in [6.45, 7) is 3.26. The molecule has 4 amide bonds. The van der Waals surface area contributed by atoms with E-state index in [-0.39, 0.29) is 12.1 Å². The van der Waals surface area contributed by atoms with Crippen molar-refractivity contribution in [3.05, 3.63) is 93.7 Å². The van der Waals surface area contributed by atoms with E-state index in [9.17, 15) is 23.6 Å². The minimum Gasteiger partial charge on any atom is -0.318 e. The Morgan fingerprint density at radius 1 is 1.09 bits per heavy atom. The highest BCUT2D eigenvalue weighted by molar-refractivity contribution is 6.09. The molecule has 9 nitrogen and oxygen atoms in total. The van der Waals surface area contributed by atoms with Crippen LogP contribution in [0.5, 0.6) is 0 Å². The van der Waals surface area contributed by atoms with Gasteiger partial charge in [-0.15, -0.1) is 0 Å². The monoisotopic (exact) mass is 449 g/mol. The molecule has 33 heavy (non-hydrogen) atoms. The van der Waals surface area contributed by atoms with Crippen LogP contribution in [0.2, 0.25) is 0 Å².